The molecule has 2 saturated heterocycles. The number of rotatable bonds is 3. The standard InChI is InChI=1S/C14H16ClNOS/c15-9-11-12-7-4-8-16(12)14(17)13(11)18-10-5-2-1-3-6-10/h1-3,5-6,11-13H,4,7-9H2/t11-,12-,13?/m1/s1. The summed E-state index contributed by atoms with van der Waals surface area (Å²) in [5.74, 6) is 1.17. The highest BCUT2D eigenvalue weighted by molar-refractivity contribution is 8.00. The molecule has 1 unspecified atom stereocenters. The summed E-state index contributed by atoms with van der Waals surface area (Å²) in [7, 11) is 0. The molecule has 2 nitrogen and oxygen atoms in total. The minimum atomic E-state index is 0.00944. The van der Waals surface area contributed by atoms with Crippen LogP contribution in [0.2, 0.25) is 0 Å². The summed E-state index contributed by atoms with van der Waals surface area (Å²) in [5.41, 5.74) is 0. The fourth-order valence-corrected chi connectivity index (χ4v) is 4.81. The van der Waals surface area contributed by atoms with Gasteiger partial charge in [-0.3, -0.25) is 4.79 Å². The summed E-state index contributed by atoms with van der Waals surface area (Å²) in [5, 5.41) is 0.00944. The number of carbonyl (C=O) groups excluding carboxylic acids is 1. The Hall–Kier alpha value is -0.670. The highest BCUT2D eigenvalue weighted by Crippen LogP contribution is 2.42. The van der Waals surface area contributed by atoms with E-state index in [1.54, 1.807) is 11.8 Å². The predicted molar refractivity (Wildman–Crippen MR) is 75.0 cm³/mol. The van der Waals surface area contributed by atoms with Crippen molar-refractivity contribution in [3.05, 3.63) is 30.3 Å². The van der Waals surface area contributed by atoms with E-state index in [1.165, 1.54) is 0 Å². The Balaban J connectivity index is 1.81. The lowest BCUT2D eigenvalue weighted by Gasteiger charge is -2.19. The minimum Gasteiger partial charge on any atom is -0.338 e. The minimum absolute atomic E-state index is 0.00944. The van der Waals surface area contributed by atoms with E-state index in [9.17, 15) is 4.79 Å². The molecule has 0 aromatic heterocycles. The molecule has 3 rings (SSSR count). The topological polar surface area (TPSA) is 20.3 Å². The first-order chi connectivity index (χ1) is 8.81. The van der Waals surface area contributed by atoms with Crippen molar-refractivity contribution in [1.29, 1.82) is 0 Å². The maximum absolute atomic E-state index is 12.4. The van der Waals surface area contributed by atoms with Gasteiger partial charge in [-0.05, 0) is 25.0 Å². The van der Waals surface area contributed by atoms with Crippen molar-refractivity contribution in [1.82, 2.24) is 4.90 Å². The lowest BCUT2D eigenvalue weighted by Crippen LogP contribution is -2.29. The van der Waals surface area contributed by atoms with E-state index in [0.29, 0.717) is 17.8 Å². The molecule has 0 saturated carbocycles. The van der Waals surface area contributed by atoms with Gasteiger partial charge in [0.05, 0.1) is 5.25 Å². The summed E-state index contributed by atoms with van der Waals surface area (Å²) in [6.07, 6.45) is 2.25. The fourth-order valence-electron chi connectivity index (χ4n) is 3.03. The van der Waals surface area contributed by atoms with Gasteiger partial charge < -0.3 is 4.90 Å². The zero-order valence-corrected chi connectivity index (χ0v) is 11.7. The molecule has 3 atom stereocenters. The number of amides is 1. The summed E-state index contributed by atoms with van der Waals surface area (Å²) >= 11 is 7.78. The smallest absolute Gasteiger partial charge is 0.236 e. The molecule has 2 aliphatic rings. The fraction of sp³-hybridized carbons (Fsp3) is 0.500. The molecule has 1 aromatic carbocycles. The molecule has 96 valence electrons. The van der Waals surface area contributed by atoms with Crippen LogP contribution >= 0.6 is 23.4 Å². The molecule has 0 radical (unpaired) electrons. The summed E-state index contributed by atoms with van der Waals surface area (Å²) in [6, 6.07) is 10.5. The van der Waals surface area contributed by atoms with Crippen LogP contribution in [0.3, 0.4) is 0 Å². The van der Waals surface area contributed by atoms with E-state index in [0.717, 1.165) is 24.3 Å². The summed E-state index contributed by atoms with van der Waals surface area (Å²) in [4.78, 5) is 15.6. The molecule has 0 aliphatic carbocycles. The normalized spacial score (nSPS) is 30.8. The molecule has 2 heterocycles. The Kier molecular flexibility index (Phi) is 3.53. The molecule has 4 heteroatoms. The van der Waals surface area contributed by atoms with Gasteiger partial charge in [0.1, 0.15) is 0 Å². The molecule has 1 amide bonds. The second-order valence-electron chi connectivity index (χ2n) is 4.91. The van der Waals surface area contributed by atoms with Crippen molar-refractivity contribution in [2.24, 2.45) is 5.92 Å². The van der Waals surface area contributed by atoms with Gasteiger partial charge in [-0.1, -0.05) is 18.2 Å². The number of benzene rings is 1. The highest BCUT2D eigenvalue weighted by atomic mass is 35.5. The lowest BCUT2D eigenvalue weighted by atomic mass is 10.0. The summed E-state index contributed by atoms with van der Waals surface area (Å²) < 4.78 is 0. The third-order valence-electron chi connectivity index (χ3n) is 3.89. The molecular weight excluding hydrogens is 266 g/mol. The lowest BCUT2D eigenvalue weighted by molar-refractivity contribution is -0.127. The number of halogens is 1. The number of alkyl halides is 1. The summed E-state index contributed by atoms with van der Waals surface area (Å²) in [6.45, 7) is 0.919. The molecule has 1 aromatic rings. The van der Waals surface area contributed by atoms with Crippen LogP contribution in [0.4, 0.5) is 0 Å². The van der Waals surface area contributed by atoms with Gasteiger partial charge in [-0.15, -0.1) is 23.4 Å². The number of thioether (sulfide) groups is 1. The van der Waals surface area contributed by atoms with Crippen molar-refractivity contribution in [3.63, 3.8) is 0 Å². The molecule has 0 N–H and O–H groups in total. The molecule has 2 aliphatic heterocycles. The van der Waals surface area contributed by atoms with Crippen molar-refractivity contribution in [2.75, 3.05) is 12.4 Å². The maximum Gasteiger partial charge on any atom is 0.236 e. The zero-order valence-electron chi connectivity index (χ0n) is 10.1. The number of carbonyl (C=O) groups is 1. The SMILES string of the molecule is O=C1C(Sc2ccccc2)[C@H](CCl)[C@H]2CCCN12. The second-order valence-corrected chi connectivity index (χ2v) is 6.43. The van der Waals surface area contributed by atoms with Crippen molar-refractivity contribution in [2.45, 2.75) is 29.0 Å². The van der Waals surface area contributed by atoms with Crippen molar-refractivity contribution >= 4 is 29.3 Å². The van der Waals surface area contributed by atoms with Gasteiger partial charge in [0.15, 0.2) is 0 Å². The van der Waals surface area contributed by atoms with Gasteiger partial charge in [-0.2, -0.15) is 0 Å². The van der Waals surface area contributed by atoms with Gasteiger partial charge in [-0.25, -0.2) is 0 Å². The van der Waals surface area contributed by atoms with Gasteiger partial charge in [0.25, 0.3) is 0 Å². The zero-order chi connectivity index (χ0) is 12.5. The van der Waals surface area contributed by atoms with E-state index >= 15 is 0 Å². The Labute approximate surface area is 117 Å². The average molecular weight is 282 g/mol. The van der Waals surface area contributed by atoms with Crippen LogP contribution in [0, 0.1) is 5.92 Å². The van der Waals surface area contributed by atoms with Crippen LogP contribution < -0.4 is 0 Å². The monoisotopic (exact) mass is 281 g/mol. The molecular formula is C14H16ClNOS. The first kappa shape index (κ1) is 12.4. The van der Waals surface area contributed by atoms with E-state index in [4.69, 9.17) is 11.6 Å². The van der Waals surface area contributed by atoms with Gasteiger partial charge in [0.2, 0.25) is 5.91 Å². The Morgan fingerprint density at radius 2 is 2.11 bits per heavy atom. The second kappa shape index (κ2) is 5.14. The number of nitrogens with zero attached hydrogens (tertiary/aromatic N) is 1. The number of hydrogen-bond acceptors (Lipinski definition) is 2. The van der Waals surface area contributed by atoms with Crippen LogP contribution in [-0.2, 0) is 4.79 Å². The Morgan fingerprint density at radius 1 is 1.33 bits per heavy atom. The number of fused-ring (bicyclic) bond motifs is 1. The van der Waals surface area contributed by atoms with Gasteiger partial charge in [0, 0.05) is 29.3 Å². The Morgan fingerprint density at radius 3 is 2.83 bits per heavy atom. The predicted octanol–water partition coefficient (Wildman–Crippen LogP) is 3.01. The van der Waals surface area contributed by atoms with Crippen LogP contribution in [0.25, 0.3) is 0 Å². The van der Waals surface area contributed by atoms with E-state index in [1.807, 2.05) is 23.1 Å². The third kappa shape index (κ3) is 2.04. The van der Waals surface area contributed by atoms with E-state index in [-0.39, 0.29) is 11.2 Å². The van der Waals surface area contributed by atoms with E-state index < -0.39 is 0 Å². The number of hydrogen-bond donors (Lipinski definition) is 0. The van der Waals surface area contributed by atoms with Crippen molar-refractivity contribution < 1.29 is 4.79 Å². The van der Waals surface area contributed by atoms with Crippen LogP contribution in [0.1, 0.15) is 12.8 Å². The Bertz CT molecular complexity index is 439. The van der Waals surface area contributed by atoms with Crippen LogP contribution in [-0.4, -0.2) is 34.5 Å². The molecule has 18 heavy (non-hydrogen) atoms. The third-order valence-corrected chi connectivity index (χ3v) is 5.60. The quantitative estimate of drug-likeness (QED) is 0.794. The first-order valence-corrected chi connectivity index (χ1v) is 7.81. The van der Waals surface area contributed by atoms with Gasteiger partial charge >= 0.3 is 0 Å². The first-order valence-electron chi connectivity index (χ1n) is 6.39. The van der Waals surface area contributed by atoms with Crippen molar-refractivity contribution in [3.8, 4) is 0 Å². The van der Waals surface area contributed by atoms with Crippen LogP contribution in [0.5, 0.6) is 0 Å². The molecule has 0 spiro atoms. The maximum atomic E-state index is 12.4. The molecule has 0 bridgehead atoms. The largest absolute Gasteiger partial charge is 0.338 e. The van der Waals surface area contributed by atoms with Crippen LogP contribution in [0.15, 0.2) is 35.2 Å². The average Bonchev–Trinajstić information content (AvgIpc) is 2.95. The van der Waals surface area contributed by atoms with E-state index in [2.05, 4.69) is 12.1 Å². The highest BCUT2D eigenvalue weighted by Gasteiger charge is 2.49. The molecule has 2 fully saturated rings.